The average Bonchev–Trinajstić information content (AvgIpc) is 2.42. The van der Waals surface area contributed by atoms with Crippen molar-refractivity contribution in [3.8, 4) is 5.75 Å². The Hall–Kier alpha value is -1.26. The van der Waals surface area contributed by atoms with Gasteiger partial charge < -0.3 is 15.4 Å². The third-order valence-electron chi connectivity index (χ3n) is 3.09. The fourth-order valence-corrected chi connectivity index (χ4v) is 2.25. The third-order valence-corrected chi connectivity index (χ3v) is 3.40. The molecule has 0 radical (unpaired) electrons. The monoisotopic (exact) mass is 268 g/mol. The predicted octanol–water partition coefficient (Wildman–Crippen LogP) is 2.29. The number of ether oxygens (including phenoxy) is 1. The van der Waals surface area contributed by atoms with E-state index in [4.69, 9.17) is 16.3 Å². The van der Waals surface area contributed by atoms with Crippen LogP contribution in [0.1, 0.15) is 12.8 Å². The number of halogens is 1. The predicted molar refractivity (Wildman–Crippen MR) is 72.2 cm³/mol. The zero-order chi connectivity index (χ0) is 13.0. The molecule has 1 aliphatic rings. The summed E-state index contributed by atoms with van der Waals surface area (Å²) in [6.07, 6.45) is 1.98. The van der Waals surface area contributed by atoms with Crippen molar-refractivity contribution in [2.45, 2.75) is 12.8 Å². The first-order valence-electron chi connectivity index (χ1n) is 6.06. The lowest BCUT2D eigenvalue weighted by molar-refractivity contribution is -0.120. The van der Waals surface area contributed by atoms with E-state index in [1.807, 2.05) is 0 Å². The summed E-state index contributed by atoms with van der Waals surface area (Å²) in [6.45, 7) is 1.75. The molecule has 1 saturated heterocycles. The molecule has 0 spiro atoms. The Labute approximate surface area is 112 Å². The van der Waals surface area contributed by atoms with Crippen molar-refractivity contribution >= 4 is 23.2 Å². The molecule has 0 aromatic heterocycles. The van der Waals surface area contributed by atoms with Gasteiger partial charge in [0.1, 0.15) is 5.75 Å². The topological polar surface area (TPSA) is 50.4 Å². The van der Waals surface area contributed by atoms with Gasteiger partial charge in [-0.25, -0.2) is 0 Å². The van der Waals surface area contributed by atoms with Gasteiger partial charge in [-0.3, -0.25) is 4.79 Å². The molecule has 0 bridgehead atoms. The lowest BCUT2D eigenvalue weighted by Crippen LogP contribution is -2.37. The molecule has 2 rings (SSSR count). The second kappa shape index (κ2) is 6.07. The van der Waals surface area contributed by atoms with Crippen LogP contribution in [0.2, 0.25) is 5.02 Å². The number of piperidine rings is 1. The maximum absolute atomic E-state index is 12.0. The van der Waals surface area contributed by atoms with Crippen molar-refractivity contribution in [2.75, 3.05) is 25.5 Å². The van der Waals surface area contributed by atoms with Crippen molar-refractivity contribution in [3.05, 3.63) is 23.2 Å². The average molecular weight is 269 g/mol. The van der Waals surface area contributed by atoms with Gasteiger partial charge in [-0.15, -0.1) is 0 Å². The minimum Gasteiger partial charge on any atom is -0.495 e. The molecule has 1 aromatic carbocycles. The molecule has 1 atom stereocenters. The Morgan fingerprint density at radius 1 is 1.56 bits per heavy atom. The summed E-state index contributed by atoms with van der Waals surface area (Å²) in [4.78, 5) is 12.0. The lowest BCUT2D eigenvalue weighted by Gasteiger charge is -2.22. The van der Waals surface area contributed by atoms with Gasteiger partial charge in [-0.1, -0.05) is 11.6 Å². The van der Waals surface area contributed by atoms with Crippen LogP contribution in [0.5, 0.6) is 5.75 Å². The van der Waals surface area contributed by atoms with E-state index in [1.165, 1.54) is 0 Å². The summed E-state index contributed by atoms with van der Waals surface area (Å²) in [5.41, 5.74) is 0.715. The van der Waals surface area contributed by atoms with E-state index in [0.717, 1.165) is 25.9 Å². The van der Waals surface area contributed by atoms with E-state index < -0.39 is 0 Å². The fraction of sp³-hybridized carbons (Fsp3) is 0.462. The van der Waals surface area contributed by atoms with Gasteiger partial charge in [0.25, 0.3) is 0 Å². The van der Waals surface area contributed by atoms with Crippen LogP contribution in [-0.2, 0) is 4.79 Å². The largest absolute Gasteiger partial charge is 0.495 e. The Morgan fingerprint density at radius 2 is 2.39 bits per heavy atom. The molecular formula is C13H17ClN2O2. The van der Waals surface area contributed by atoms with Crippen molar-refractivity contribution in [1.82, 2.24) is 5.32 Å². The summed E-state index contributed by atoms with van der Waals surface area (Å²) < 4.78 is 5.12. The molecular weight excluding hydrogens is 252 g/mol. The highest BCUT2D eigenvalue weighted by atomic mass is 35.5. The zero-order valence-electron chi connectivity index (χ0n) is 10.3. The summed E-state index contributed by atoms with van der Waals surface area (Å²) in [6, 6.07) is 5.23. The molecule has 1 fully saturated rings. The molecule has 2 N–H and O–H groups in total. The minimum absolute atomic E-state index is 0.0421. The number of carbonyl (C=O) groups is 1. The summed E-state index contributed by atoms with van der Waals surface area (Å²) >= 11 is 5.93. The number of rotatable bonds is 3. The van der Waals surface area contributed by atoms with Gasteiger partial charge in [0.2, 0.25) is 5.91 Å². The van der Waals surface area contributed by atoms with Crippen molar-refractivity contribution in [2.24, 2.45) is 5.92 Å². The first-order chi connectivity index (χ1) is 8.70. The highest BCUT2D eigenvalue weighted by molar-refractivity contribution is 6.32. The molecule has 5 heteroatoms. The fourth-order valence-electron chi connectivity index (χ4n) is 2.06. The number of benzene rings is 1. The van der Waals surface area contributed by atoms with E-state index in [9.17, 15) is 4.79 Å². The molecule has 98 valence electrons. The SMILES string of the molecule is COc1cc(NC(=O)[C@@H]2CCCNC2)ccc1Cl. The van der Waals surface area contributed by atoms with Crippen LogP contribution in [0.3, 0.4) is 0 Å². The molecule has 0 unspecified atom stereocenters. The molecule has 0 aliphatic carbocycles. The molecule has 18 heavy (non-hydrogen) atoms. The normalized spacial score (nSPS) is 19.3. The number of carbonyl (C=O) groups excluding carboxylic acids is 1. The third kappa shape index (κ3) is 3.15. The van der Waals surface area contributed by atoms with Crippen molar-refractivity contribution in [1.29, 1.82) is 0 Å². The zero-order valence-corrected chi connectivity index (χ0v) is 11.1. The minimum atomic E-state index is 0.0421. The van der Waals surface area contributed by atoms with Gasteiger partial charge >= 0.3 is 0 Å². The maximum atomic E-state index is 12.0. The molecule has 1 aliphatic heterocycles. The van der Waals surface area contributed by atoms with Crippen LogP contribution < -0.4 is 15.4 Å². The highest BCUT2D eigenvalue weighted by Crippen LogP contribution is 2.27. The molecule has 4 nitrogen and oxygen atoms in total. The van der Waals surface area contributed by atoms with Crippen molar-refractivity contribution in [3.63, 3.8) is 0 Å². The summed E-state index contributed by atoms with van der Waals surface area (Å²) in [5, 5.41) is 6.66. The van der Waals surface area contributed by atoms with Crippen LogP contribution in [0, 0.1) is 5.92 Å². The van der Waals surface area contributed by atoms with Crippen LogP contribution >= 0.6 is 11.6 Å². The van der Waals surface area contributed by atoms with Crippen LogP contribution in [-0.4, -0.2) is 26.1 Å². The maximum Gasteiger partial charge on any atom is 0.228 e. The van der Waals surface area contributed by atoms with Gasteiger partial charge in [0.15, 0.2) is 0 Å². The van der Waals surface area contributed by atoms with Crippen LogP contribution in [0.25, 0.3) is 0 Å². The summed E-state index contributed by atoms with van der Waals surface area (Å²) in [7, 11) is 1.55. The second-order valence-corrected chi connectivity index (χ2v) is 4.79. The van der Waals surface area contributed by atoms with Gasteiger partial charge in [-0.2, -0.15) is 0 Å². The Morgan fingerprint density at radius 3 is 3.06 bits per heavy atom. The Bertz CT molecular complexity index is 431. The number of amides is 1. The molecule has 0 saturated carbocycles. The standard InChI is InChI=1S/C13H17ClN2O2/c1-18-12-7-10(4-5-11(12)14)16-13(17)9-3-2-6-15-8-9/h4-5,7,9,15H,2-3,6,8H2,1H3,(H,16,17)/t9-/m1/s1. The number of hydrogen-bond donors (Lipinski definition) is 2. The number of methoxy groups -OCH3 is 1. The lowest BCUT2D eigenvalue weighted by atomic mass is 9.99. The van der Waals surface area contributed by atoms with E-state index in [-0.39, 0.29) is 11.8 Å². The first-order valence-corrected chi connectivity index (χ1v) is 6.43. The number of nitrogens with one attached hydrogen (secondary N) is 2. The van der Waals surface area contributed by atoms with Crippen LogP contribution in [0.15, 0.2) is 18.2 Å². The van der Waals surface area contributed by atoms with E-state index in [0.29, 0.717) is 16.5 Å². The quantitative estimate of drug-likeness (QED) is 0.884. The van der Waals surface area contributed by atoms with Gasteiger partial charge in [0, 0.05) is 18.3 Å². The second-order valence-electron chi connectivity index (χ2n) is 4.38. The first kappa shape index (κ1) is 13.2. The van der Waals surface area contributed by atoms with E-state index in [2.05, 4.69) is 10.6 Å². The summed E-state index contributed by atoms with van der Waals surface area (Å²) in [5.74, 6) is 0.656. The molecule has 1 heterocycles. The molecule has 1 aromatic rings. The Kier molecular flexibility index (Phi) is 4.44. The van der Waals surface area contributed by atoms with Gasteiger partial charge in [0.05, 0.1) is 18.1 Å². The number of anilines is 1. The van der Waals surface area contributed by atoms with E-state index >= 15 is 0 Å². The Balaban J connectivity index is 2.02. The number of hydrogen-bond acceptors (Lipinski definition) is 3. The van der Waals surface area contributed by atoms with Crippen LogP contribution in [0.4, 0.5) is 5.69 Å². The van der Waals surface area contributed by atoms with Gasteiger partial charge in [-0.05, 0) is 31.5 Å². The highest BCUT2D eigenvalue weighted by Gasteiger charge is 2.20. The van der Waals surface area contributed by atoms with E-state index in [1.54, 1.807) is 25.3 Å². The van der Waals surface area contributed by atoms with Crippen molar-refractivity contribution < 1.29 is 9.53 Å². The molecule has 1 amide bonds. The smallest absolute Gasteiger partial charge is 0.228 e.